The molecule has 0 amide bonds. The Kier molecular flexibility index (Phi) is 7.83. The first-order valence-electron chi connectivity index (χ1n) is 7.03. The lowest BCUT2D eigenvalue weighted by molar-refractivity contribution is -0.148. The van der Waals surface area contributed by atoms with Crippen molar-refractivity contribution in [3.63, 3.8) is 0 Å². The van der Waals surface area contributed by atoms with E-state index in [1.165, 1.54) is 0 Å². The van der Waals surface area contributed by atoms with Crippen molar-refractivity contribution in [1.82, 2.24) is 4.90 Å². The van der Waals surface area contributed by atoms with E-state index >= 15 is 0 Å². The standard InChI is InChI=1S/C9H10O3.C7H11N3/c10-6-9(11)12-7-8-4-2-1-3-5-8;1-10-5-6(9)2-3-7(10)4-8/h1-5,10H,6-7H2;7,9H,2-3,5H2,1H3. The van der Waals surface area contributed by atoms with E-state index in [9.17, 15) is 4.79 Å². The highest BCUT2D eigenvalue weighted by Crippen LogP contribution is 2.11. The molecule has 0 radical (unpaired) electrons. The Morgan fingerprint density at radius 1 is 1.50 bits per heavy atom. The smallest absolute Gasteiger partial charge is 0.332 e. The predicted molar refractivity (Wildman–Crippen MR) is 82.3 cm³/mol. The van der Waals surface area contributed by atoms with Crippen molar-refractivity contribution < 1.29 is 14.6 Å². The van der Waals surface area contributed by atoms with Gasteiger partial charge in [-0.15, -0.1) is 0 Å². The van der Waals surface area contributed by atoms with Gasteiger partial charge < -0.3 is 15.3 Å². The number of nitrogens with zero attached hydrogens (tertiary/aromatic N) is 2. The Bertz CT molecular complexity index is 525. The number of carbonyl (C=O) groups is 1. The summed E-state index contributed by atoms with van der Waals surface area (Å²) in [7, 11) is 1.89. The molecule has 2 rings (SSSR count). The van der Waals surface area contributed by atoms with Crippen LogP contribution >= 0.6 is 0 Å². The summed E-state index contributed by atoms with van der Waals surface area (Å²) >= 11 is 0. The first-order chi connectivity index (χ1) is 10.6. The molecule has 1 heterocycles. The Morgan fingerprint density at radius 2 is 2.18 bits per heavy atom. The number of hydrogen-bond acceptors (Lipinski definition) is 6. The van der Waals surface area contributed by atoms with Gasteiger partial charge in [-0.3, -0.25) is 4.90 Å². The van der Waals surface area contributed by atoms with Gasteiger partial charge >= 0.3 is 5.97 Å². The van der Waals surface area contributed by atoms with Crippen LogP contribution in [0.1, 0.15) is 18.4 Å². The maximum atomic E-state index is 10.5. The number of carbonyl (C=O) groups excluding carboxylic acids is 1. The summed E-state index contributed by atoms with van der Waals surface area (Å²) in [4.78, 5) is 12.4. The molecule has 1 aromatic carbocycles. The molecule has 1 aliphatic rings. The molecular weight excluding hydrogens is 282 g/mol. The minimum atomic E-state index is -0.598. The molecule has 1 aromatic rings. The molecule has 6 nitrogen and oxygen atoms in total. The SMILES string of the molecule is CN1CC(=N)CCC1C#N.O=C(CO)OCc1ccccc1. The van der Waals surface area contributed by atoms with Crippen LogP contribution in [0.2, 0.25) is 0 Å². The molecule has 1 aliphatic heterocycles. The van der Waals surface area contributed by atoms with Crippen molar-refractivity contribution in [2.45, 2.75) is 25.5 Å². The second-order valence-electron chi connectivity index (χ2n) is 5.01. The molecule has 6 heteroatoms. The van der Waals surface area contributed by atoms with Crippen LogP contribution < -0.4 is 0 Å². The maximum absolute atomic E-state index is 10.5. The van der Waals surface area contributed by atoms with Gasteiger partial charge in [-0.1, -0.05) is 30.3 Å². The van der Waals surface area contributed by atoms with Gasteiger partial charge in [0.1, 0.15) is 13.2 Å². The third-order valence-electron chi connectivity index (χ3n) is 3.21. The van der Waals surface area contributed by atoms with E-state index in [1.54, 1.807) is 0 Å². The lowest BCUT2D eigenvalue weighted by Gasteiger charge is -2.27. The Morgan fingerprint density at radius 3 is 2.73 bits per heavy atom. The fraction of sp³-hybridized carbons (Fsp3) is 0.438. The lowest BCUT2D eigenvalue weighted by atomic mass is 10.0. The monoisotopic (exact) mass is 303 g/mol. The van der Waals surface area contributed by atoms with Gasteiger partial charge in [-0.25, -0.2) is 4.79 Å². The summed E-state index contributed by atoms with van der Waals surface area (Å²) in [5.41, 5.74) is 1.66. The molecule has 22 heavy (non-hydrogen) atoms. The molecule has 118 valence electrons. The summed E-state index contributed by atoms with van der Waals surface area (Å²) in [6.07, 6.45) is 1.62. The zero-order valence-electron chi connectivity index (χ0n) is 12.7. The number of piperidine rings is 1. The molecule has 1 unspecified atom stereocenters. The molecule has 0 spiro atoms. The number of ether oxygens (including phenoxy) is 1. The fourth-order valence-corrected chi connectivity index (χ4v) is 1.97. The van der Waals surface area contributed by atoms with Crippen LogP contribution in [0, 0.1) is 16.7 Å². The number of benzene rings is 1. The van der Waals surface area contributed by atoms with Crippen LogP contribution in [0.3, 0.4) is 0 Å². The molecule has 1 fully saturated rings. The lowest BCUT2D eigenvalue weighted by Crippen LogP contribution is -2.39. The highest BCUT2D eigenvalue weighted by atomic mass is 16.5. The van der Waals surface area contributed by atoms with Crippen molar-refractivity contribution in [2.24, 2.45) is 0 Å². The summed E-state index contributed by atoms with van der Waals surface area (Å²) < 4.78 is 4.69. The van der Waals surface area contributed by atoms with Crippen molar-refractivity contribution >= 4 is 11.7 Å². The molecule has 0 bridgehead atoms. The second-order valence-corrected chi connectivity index (χ2v) is 5.01. The number of aliphatic hydroxyl groups excluding tert-OH is 1. The van der Waals surface area contributed by atoms with E-state index in [4.69, 9.17) is 15.8 Å². The van der Waals surface area contributed by atoms with Crippen molar-refractivity contribution in [3.8, 4) is 6.07 Å². The molecule has 0 aromatic heterocycles. The average molecular weight is 303 g/mol. The number of nitriles is 1. The van der Waals surface area contributed by atoms with Gasteiger partial charge in [0, 0.05) is 12.3 Å². The van der Waals surface area contributed by atoms with Crippen LogP contribution in [0.4, 0.5) is 0 Å². The normalized spacial score (nSPS) is 17.9. The fourth-order valence-electron chi connectivity index (χ4n) is 1.97. The summed E-state index contributed by atoms with van der Waals surface area (Å²) in [6.45, 7) is 0.325. The number of nitrogens with one attached hydrogen (secondary N) is 1. The van der Waals surface area contributed by atoms with Crippen LogP contribution in [-0.2, 0) is 16.1 Å². The van der Waals surface area contributed by atoms with Crippen molar-refractivity contribution in [3.05, 3.63) is 35.9 Å². The Balaban J connectivity index is 0.000000224. The molecule has 1 atom stereocenters. The van der Waals surface area contributed by atoms with Gasteiger partial charge in [-0.2, -0.15) is 5.26 Å². The van der Waals surface area contributed by atoms with Crippen LogP contribution in [0.25, 0.3) is 0 Å². The quantitative estimate of drug-likeness (QED) is 0.821. The van der Waals surface area contributed by atoms with E-state index in [-0.39, 0.29) is 12.6 Å². The largest absolute Gasteiger partial charge is 0.459 e. The van der Waals surface area contributed by atoms with Crippen LogP contribution in [0.15, 0.2) is 30.3 Å². The maximum Gasteiger partial charge on any atom is 0.332 e. The average Bonchev–Trinajstić information content (AvgIpc) is 2.54. The number of likely N-dealkylation sites (tertiary alicyclic amines) is 1. The first-order valence-corrected chi connectivity index (χ1v) is 7.03. The zero-order valence-corrected chi connectivity index (χ0v) is 12.7. The van der Waals surface area contributed by atoms with E-state index in [0.717, 1.165) is 24.1 Å². The summed E-state index contributed by atoms with van der Waals surface area (Å²) in [5.74, 6) is -0.598. The number of hydrogen-bond donors (Lipinski definition) is 2. The van der Waals surface area contributed by atoms with Crippen LogP contribution in [0.5, 0.6) is 0 Å². The molecule has 0 saturated carbocycles. The predicted octanol–water partition coefficient (Wildman–Crippen LogP) is 1.35. The second kappa shape index (κ2) is 9.66. The summed E-state index contributed by atoms with van der Waals surface area (Å²) in [6, 6.07) is 11.6. The van der Waals surface area contributed by atoms with E-state index < -0.39 is 12.6 Å². The third-order valence-corrected chi connectivity index (χ3v) is 3.21. The number of esters is 1. The first kappa shape index (κ1) is 17.8. The minimum absolute atomic E-state index is 0.0362. The Labute approximate surface area is 130 Å². The van der Waals surface area contributed by atoms with Crippen molar-refractivity contribution in [2.75, 3.05) is 20.2 Å². The van der Waals surface area contributed by atoms with Gasteiger partial charge in [-0.05, 0) is 25.5 Å². The van der Waals surface area contributed by atoms with Gasteiger partial charge in [0.2, 0.25) is 0 Å². The number of aliphatic hydroxyl groups is 1. The molecule has 0 aliphatic carbocycles. The van der Waals surface area contributed by atoms with E-state index in [0.29, 0.717) is 6.54 Å². The topological polar surface area (TPSA) is 97.4 Å². The highest BCUT2D eigenvalue weighted by Gasteiger charge is 2.20. The van der Waals surface area contributed by atoms with Gasteiger partial charge in [0.25, 0.3) is 0 Å². The van der Waals surface area contributed by atoms with Gasteiger partial charge in [0.05, 0.1) is 12.1 Å². The van der Waals surface area contributed by atoms with Gasteiger partial charge in [0.15, 0.2) is 0 Å². The number of rotatable bonds is 3. The summed E-state index contributed by atoms with van der Waals surface area (Å²) in [5, 5.41) is 24.3. The van der Waals surface area contributed by atoms with E-state index in [2.05, 4.69) is 10.8 Å². The zero-order chi connectivity index (χ0) is 16.4. The highest BCUT2D eigenvalue weighted by molar-refractivity contribution is 5.84. The van der Waals surface area contributed by atoms with E-state index in [1.807, 2.05) is 42.3 Å². The minimum Gasteiger partial charge on any atom is -0.459 e. The third kappa shape index (κ3) is 6.48. The van der Waals surface area contributed by atoms with Crippen LogP contribution in [-0.4, -0.2) is 47.9 Å². The molecular formula is C16H21N3O3. The molecule has 1 saturated heterocycles. The Hall–Kier alpha value is -2.23. The molecule has 2 N–H and O–H groups in total. The van der Waals surface area contributed by atoms with Crippen molar-refractivity contribution in [1.29, 1.82) is 10.7 Å².